The molecule has 0 radical (unpaired) electrons. The maximum Gasteiger partial charge on any atom is 0.271 e. The van der Waals surface area contributed by atoms with Crippen LogP contribution in [-0.2, 0) is 0 Å². The highest BCUT2D eigenvalue weighted by Gasteiger charge is 2.08. The second kappa shape index (κ2) is 7.71. The number of carbonyl (C=O) groups excluding carboxylic acids is 1. The molecule has 5 heteroatoms. The van der Waals surface area contributed by atoms with E-state index in [2.05, 4.69) is 34.4 Å². The summed E-state index contributed by atoms with van der Waals surface area (Å²) in [5.74, 6) is 1.62. The average Bonchev–Trinajstić information content (AvgIpc) is 2.36. The molecule has 0 spiro atoms. The molecule has 0 aliphatic rings. The lowest BCUT2D eigenvalue weighted by molar-refractivity contribution is 0.0943. The van der Waals surface area contributed by atoms with Crippen LogP contribution in [0.2, 0.25) is 0 Å². The number of hydrogen-bond donors (Lipinski definition) is 2. The van der Waals surface area contributed by atoms with E-state index in [1.807, 2.05) is 13.8 Å². The average molecular weight is 264 g/mol. The largest absolute Gasteiger partial charge is 0.369 e. The highest BCUT2D eigenvalue weighted by molar-refractivity contribution is 5.91. The number of anilines is 1. The summed E-state index contributed by atoms with van der Waals surface area (Å²) in [5, 5.41) is 6.00. The van der Waals surface area contributed by atoms with Crippen molar-refractivity contribution < 1.29 is 4.79 Å². The van der Waals surface area contributed by atoms with E-state index in [9.17, 15) is 4.79 Å². The van der Waals surface area contributed by atoms with Gasteiger partial charge in [0.15, 0.2) is 0 Å². The van der Waals surface area contributed by atoms with E-state index in [1.54, 1.807) is 6.20 Å². The van der Waals surface area contributed by atoms with Gasteiger partial charge in [-0.2, -0.15) is 0 Å². The van der Waals surface area contributed by atoms with Crippen LogP contribution in [0, 0.1) is 11.8 Å². The Hall–Kier alpha value is -1.65. The zero-order valence-electron chi connectivity index (χ0n) is 12.2. The van der Waals surface area contributed by atoms with Crippen LogP contribution in [0.5, 0.6) is 0 Å². The van der Waals surface area contributed by atoms with Crippen LogP contribution >= 0.6 is 0 Å². The molecule has 1 rings (SSSR count). The summed E-state index contributed by atoms with van der Waals surface area (Å²) in [6.07, 6.45) is 4.19. The van der Waals surface area contributed by atoms with Crippen molar-refractivity contribution in [3.8, 4) is 0 Å². The van der Waals surface area contributed by atoms with Crippen molar-refractivity contribution in [3.05, 3.63) is 18.1 Å². The van der Waals surface area contributed by atoms with Gasteiger partial charge in [-0.25, -0.2) is 9.97 Å². The fourth-order valence-corrected chi connectivity index (χ4v) is 1.41. The quantitative estimate of drug-likeness (QED) is 0.793. The van der Waals surface area contributed by atoms with Crippen LogP contribution in [0.15, 0.2) is 12.4 Å². The number of nitrogens with zero attached hydrogens (tertiary/aromatic N) is 2. The molecular weight excluding hydrogens is 240 g/mol. The van der Waals surface area contributed by atoms with Crippen LogP contribution in [0.4, 0.5) is 5.82 Å². The Labute approximate surface area is 115 Å². The summed E-state index contributed by atoms with van der Waals surface area (Å²) in [6.45, 7) is 9.96. The summed E-state index contributed by atoms with van der Waals surface area (Å²) >= 11 is 0. The molecule has 19 heavy (non-hydrogen) atoms. The minimum absolute atomic E-state index is 0.171. The van der Waals surface area contributed by atoms with Gasteiger partial charge in [0.25, 0.3) is 5.91 Å². The predicted octanol–water partition coefficient (Wildman–Crippen LogP) is 2.32. The smallest absolute Gasteiger partial charge is 0.271 e. The van der Waals surface area contributed by atoms with Crippen molar-refractivity contribution >= 4 is 11.7 Å². The van der Waals surface area contributed by atoms with Gasteiger partial charge in [0.1, 0.15) is 11.5 Å². The Kier molecular flexibility index (Phi) is 6.25. The molecular formula is C14H24N4O. The first-order valence-corrected chi connectivity index (χ1v) is 6.83. The molecule has 1 amide bonds. The maximum absolute atomic E-state index is 11.7. The highest BCUT2D eigenvalue weighted by atomic mass is 16.1. The molecule has 0 saturated heterocycles. The van der Waals surface area contributed by atoms with Crippen LogP contribution < -0.4 is 10.6 Å². The normalized spacial score (nSPS) is 10.8. The van der Waals surface area contributed by atoms with E-state index in [0.29, 0.717) is 29.9 Å². The van der Waals surface area contributed by atoms with Crippen molar-refractivity contribution in [2.75, 3.05) is 18.4 Å². The molecule has 0 aromatic carbocycles. The molecule has 106 valence electrons. The molecule has 5 nitrogen and oxygen atoms in total. The first-order valence-electron chi connectivity index (χ1n) is 6.83. The van der Waals surface area contributed by atoms with Gasteiger partial charge < -0.3 is 10.6 Å². The first kappa shape index (κ1) is 15.4. The van der Waals surface area contributed by atoms with Gasteiger partial charge >= 0.3 is 0 Å². The fourth-order valence-electron chi connectivity index (χ4n) is 1.41. The van der Waals surface area contributed by atoms with Gasteiger partial charge in [-0.05, 0) is 18.3 Å². The molecule has 0 aliphatic carbocycles. The van der Waals surface area contributed by atoms with Crippen molar-refractivity contribution in [2.24, 2.45) is 11.8 Å². The molecule has 0 bridgehead atoms. The molecule has 0 unspecified atom stereocenters. The number of aromatic nitrogens is 2. The van der Waals surface area contributed by atoms with E-state index < -0.39 is 0 Å². The first-order chi connectivity index (χ1) is 8.99. The van der Waals surface area contributed by atoms with Crippen LogP contribution in [0.1, 0.15) is 44.6 Å². The van der Waals surface area contributed by atoms with Gasteiger partial charge in [0.2, 0.25) is 0 Å². The molecule has 0 atom stereocenters. The molecule has 0 saturated carbocycles. The lowest BCUT2D eigenvalue weighted by Gasteiger charge is -2.09. The maximum atomic E-state index is 11.7. The SMILES string of the molecule is CC(C)CCNc1cnc(C(=O)NCC(C)C)cn1. The van der Waals surface area contributed by atoms with E-state index in [-0.39, 0.29) is 5.91 Å². The van der Waals surface area contributed by atoms with Gasteiger partial charge in [-0.3, -0.25) is 4.79 Å². The molecule has 2 N–H and O–H groups in total. The fraction of sp³-hybridized carbons (Fsp3) is 0.643. The number of amides is 1. The van der Waals surface area contributed by atoms with Crippen molar-refractivity contribution in [1.29, 1.82) is 0 Å². The summed E-state index contributed by atoms with van der Waals surface area (Å²) in [6, 6.07) is 0. The lowest BCUT2D eigenvalue weighted by atomic mass is 10.1. The number of nitrogens with one attached hydrogen (secondary N) is 2. The van der Waals surface area contributed by atoms with E-state index in [0.717, 1.165) is 13.0 Å². The summed E-state index contributed by atoms with van der Waals surface area (Å²) in [7, 11) is 0. The predicted molar refractivity (Wildman–Crippen MR) is 77.1 cm³/mol. The standard InChI is InChI=1S/C14H24N4O/c1-10(2)5-6-15-13-9-16-12(8-17-13)14(19)18-7-11(3)4/h8-11H,5-7H2,1-4H3,(H,15,17)(H,18,19). The monoisotopic (exact) mass is 264 g/mol. The van der Waals surface area contributed by atoms with Crippen LogP contribution in [0.25, 0.3) is 0 Å². The molecule has 1 heterocycles. The van der Waals surface area contributed by atoms with Crippen molar-refractivity contribution in [3.63, 3.8) is 0 Å². The van der Waals surface area contributed by atoms with Crippen LogP contribution in [-0.4, -0.2) is 29.0 Å². The Morgan fingerprint density at radius 1 is 1.16 bits per heavy atom. The summed E-state index contributed by atoms with van der Waals surface area (Å²) in [5.41, 5.74) is 0.357. The Morgan fingerprint density at radius 2 is 1.89 bits per heavy atom. The van der Waals surface area contributed by atoms with Gasteiger partial charge in [-0.1, -0.05) is 27.7 Å². The number of hydrogen-bond acceptors (Lipinski definition) is 4. The van der Waals surface area contributed by atoms with Gasteiger partial charge in [0, 0.05) is 13.1 Å². The topological polar surface area (TPSA) is 66.9 Å². The van der Waals surface area contributed by atoms with E-state index in [4.69, 9.17) is 0 Å². The van der Waals surface area contributed by atoms with Gasteiger partial charge in [0.05, 0.1) is 12.4 Å². The summed E-state index contributed by atoms with van der Waals surface area (Å²) < 4.78 is 0. The van der Waals surface area contributed by atoms with Crippen molar-refractivity contribution in [2.45, 2.75) is 34.1 Å². The molecule has 0 fully saturated rings. The zero-order chi connectivity index (χ0) is 14.3. The van der Waals surface area contributed by atoms with E-state index >= 15 is 0 Å². The zero-order valence-corrected chi connectivity index (χ0v) is 12.2. The second-order valence-corrected chi connectivity index (χ2v) is 5.50. The Morgan fingerprint density at radius 3 is 2.42 bits per heavy atom. The molecule has 0 aliphatic heterocycles. The Bertz CT molecular complexity index is 387. The third-order valence-electron chi connectivity index (χ3n) is 2.58. The van der Waals surface area contributed by atoms with Crippen molar-refractivity contribution in [1.82, 2.24) is 15.3 Å². The number of carbonyl (C=O) groups is 1. The van der Waals surface area contributed by atoms with Crippen LogP contribution in [0.3, 0.4) is 0 Å². The minimum Gasteiger partial charge on any atom is -0.369 e. The number of rotatable bonds is 7. The van der Waals surface area contributed by atoms with Gasteiger partial charge in [-0.15, -0.1) is 0 Å². The third kappa shape index (κ3) is 6.18. The lowest BCUT2D eigenvalue weighted by Crippen LogP contribution is -2.28. The van der Waals surface area contributed by atoms with E-state index in [1.165, 1.54) is 6.20 Å². The Balaban J connectivity index is 2.44. The minimum atomic E-state index is -0.171. The molecule has 1 aromatic heterocycles. The third-order valence-corrected chi connectivity index (χ3v) is 2.58. The molecule has 1 aromatic rings. The highest BCUT2D eigenvalue weighted by Crippen LogP contribution is 2.04. The summed E-state index contributed by atoms with van der Waals surface area (Å²) in [4.78, 5) is 20.0. The second-order valence-electron chi connectivity index (χ2n) is 5.50.